The Labute approximate surface area is 216 Å². The van der Waals surface area contributed by atoms with Gasteiger partial charge in [-0.05, 0) is 61.6 Å². The lowest BCUT2D eigenvalue weighted by Crippen LogP contribution is -2.30. The van der Waals surface area contributed by atoms with Crippen LogP contribution in [0, 0.1) is 11.3 Å². The van der Waals surface area contributed by atoms with E-state index in [9.17, 15) is 18.5 Å². The van der Waals surface area contributed by atoms with Crippen LogP contribution >= 0.6 is 11.3 Å². The maximum Gasteiger partial charge on any atom is 0.212 e. The van der Waals surface area contributed by atoms with Crippen molar-refractivity contribution >= 4 is 27.1 Å². The molecular weight excluding hydrogens is 494 g/mol. The maximum absolute atomic E-state index is 12.6. The minimum absolute atomic E-state index is 0.0262. The SMILES string of the molecule is CCC(=O)CCS(=O)(=O)N[C@H]1CCc2c(-c3cnc(-c4ccc(OC(C)C)c(C#N)c4)s3)cccc21. The molecule has 0 unspecified atom stereocenters. The molecule has 9 heteroatoms. The quantitative estimate of drug-likeness (QED) is 0.380. The highest BCUT2D eigenvalue weighted by Crippen LogP contribution is 2.41. The molecule has 0 aliphatic heterocycles. The normalized spacial score (nSPS) is 15.0. The van der Waals surface area contributed by atoms with Crippen molar-refractivity contribution in [3.05, 3.63) is 59.3 Å². The smallest absolute Gasteiger partial charge is 0.212 e. The third kappa shape index (κ3) is 5.84. The molecular formula is C27H29N3O4S2. The Balaban J connectivity index is 1.56. The monoisotopic (exact) mass is 523 g/mol. The second kappa shape index (κ2) is 10.9. The Morgan fingerprint density at radius 1 is 1.31 bits per heavy atom. The molecule has 0 amide bonds. The summed E-state index contributed by atoms with van der Waals surface area (Å²) < 4.78 is 33.6. The van der Waals surface area contributed by atoms with E-state index < -0.39 is 10.0 Å². The number of carbonyl (C=O) groups excluding carboxylic acids is 1. The van der Waals surface area contributed by atoms with Crippen molar-refractivity contribution < 1.29 is 17.9 Å². The zero-order valence-corrected chi connectivity index (χ0v) is 22.2. The van der Waals surface area contributed by atoms with Crippen molar-refractivity contribution in [1.29, 1.82) is 5.26 Å². The Kier molecular flexibility index (Phi) is 7.88. The van der Waals surface area contributed by atoms with Crippen LogP contribution in [0.15, 0.2) is 42.6 Å². The van der Waals surface area contributed by atoms with E-state index in [1.165, 1.54) is 11.3 Å². The van der Waals surface area contributed by atoms with Gasteiger partial charge < -0.3 is 4.74 Å². The molecule has 1 heterocycles. The summed E-state index contributed by atoms with van der Waals surface area (Å²) in [6.45, 7) is 5.58. The zero-order chi connectivity index (χ0) is 25.9. The van der Waals surface area contributed by atoms with Gasteiger partial charge in [0.2, 0.25) is 10.0 Å². The van der Waals surface area contributed by atoms with Gasteiger partial charge in [0, 0.05) is 30.6 Å². The Morgan fingerprint density at radius 2 is 2.11 bits per heavy atom. The number of thiazole rings is 1. The number of ketones is 1. The summed E-state index contributed by atoms with van der Waals surface area (Å²) in [6, 6.07) is 13.3. The number of fused-ring (bicyclic) bond motifs is 1. The first-order valence-electron chi connectivity index (χ1n) is 12.0. The Morgan fingerprint density at radius 3 is 2.83 bits per heavy atom. The number of sulfonamides is 1. The van der Waals surface area contributed by atoms with Crippen LogP contribution in [0.4, 0.5) is 0 Å². The van der Waals surface area contributed by atoms with E-state index in [-0.39, 0.29) is 30.1 Å². The third-order valence-electron chi connectivity index (χ3n) is 6.12. The lowest BCUT2D eigenvalue weighted by Gasteiger charge is -2.15. The standard InChI is InChI=1S/C27H29N3O4S2/c1-4-20(31)12-13-36(32,33)30-24-10-9-21-22(24)6-5-7-23(21)26-16-29-27(35-26)18-8-11-25(34-17(2)3)19(14-18)15-28/h5-8,11,14,16-17,24,30H,4,9-10,12-13H2,1-3H3/t24-/m0/s1. The molecule has 1 aliphatic rings. The number of aromatic nitrogens is 1. The van der Waals surface area contributed by atoms with Gasteiger partial charge in [0.1, 0.15) is 22.6 Å². The molecule has 0 spiro atoms. The van der Waals surface area contributed by atoms with Crippen molar-refractivity contribution in [1.82, 2.24) is 9.71 Å². The van der Waals surface area contributed by atoms with Gasteiger partial charge in [0.05, 0.1) is 22.3 Å². The topological polar surface area (TPSA) is 109 Å². The zero-order valence-electron chi connectivity index (χ0n) is 20.6. The first kappa shape index (κ1) is 26.0. The summed E-state index contributed by atoms with van der Waals surface area (Å²) in [5, 5.41) is 10.4. The van der Waals surface area contributed by atoms with Crippen molar-refractivity contribution in [3.8, 4) is 32.8 Å². The molecule has 4 rings (SSSR count). The first-order chi connectivity index (χ1) is 17.2. The molecule has 7 nitrogen and oxygen atoms in total. The van der Waals surface area contributed by atoms with Gasteiger partial charge in [-0.15, -0.1) is 11.3 Å². The summed E-state index contributed by atoms with van der Waals surface area (Å²) in [6.07, 6.45) is 3.60. The molecule has 0 saturated heterocycles. The number of rotatable bonds is 10. The average molecular weight is 524 g/mol. The third-order valence-corrected chi connectivity index (χ3v) is 8.58. The molecule has 2 aromatic carbocycles. The number of nitrogens with one attached hydrogen (secondary N) is 1. The van der Waals surface area contributed by atoms with Crippen LogP contribution in [0.25, 0.3) is 21.0 Å². The predicted octanol–water partition coefficient (Wildman–Crippen LogP) is 5.41. The number of nitriles is 1. The lowest BCUT2D eigenvalue weighted by molar-refractivity contribution is -0.118. The molecule has 1 aliphatic carbocycles. The number of nitrogens with zero attached hydrogens (tertiary/aromatic N) is 2. The van der Waals surface area contributed by atoms with Crippen LogP contribution in [-0.4, -0.2) is 31.0 Å². The van der Waals surface area contributed by atoms with Crippen LogP contribution in [0.3, 0.4) is 0 Å². The summed E-state index contributed by atoms with van der Waals surface area (Å²) >= 11 is 1.53. The van der Waals surface area contributed by atoms with Crippen LogP contribution in [0.1, 0.15) is 62.8 Å². The fraction of sp³-hybridized carbons (Fsp3) is 0.370. The minimum atomic E-state index is -3.56. The highest BCUT2D eigenvalue weighted by atomic mass is 32.2. The number of carbonyl (C=O) groups is 1. The molecule has 0 bridgehead atoms. The van der Waals surface area contributed by atoms with Crippen LogP contribution < -0.4 is 9.46 Å². The summed E-state index contributed by atoms with van der Waals surface area (Å²) in [7, 11) is -3.56. The molecule has 0 fully saturated rings. The first-order valence-corrected chi connectivity index (χ1v) is 14.5. The number of hydrogen-bond donors (Lipinski definition) is 1. The highest BCUT2D eigenvalue weighted by Gasteiger charge is 2.29. The maximum atomic E-state index is 12.6. The molecule has 3 aromatic rings. The number of Topliss-reactive ketones (excluding diaryl/α,β-unsaturated/α-hetero) is 1. The van der Waals surface area contributed by atoms with E-state index in [1.807, 2.05) is 44.3 Å². The summed E-state index contributed by atoms with van der Waals surface area (Å²) in [5.41, 5.74) is 4.44. The number of ether oxygens (including phenoxy) is 1. The van der Waals surface area contributed by atoms with Crippen LogP contribution in [0.2, 0.25) is 0 Å². The average Bonchev–Trinajstić information content (AvgIpc) is 3.50. The van der Waals surface area contributed by atoms with E-state index >= 15 is 0 Å². The van der Waals surface area contributed by atoms with E-state index in [0.717, 1.165) is 38.6 Å². The Bertz CT molecular complexity index is 1420. The van der Waals surface area contributed by atoms with Crippen LogP contribution in [0.5, 0.6) is 5.75 Å². The molecule has 0 radical (unpaired) electrons. The second-order valence-electron chi connectivity index (χ2n) is 9.06. The van der Waals surface area contributed by atoms with Gasteiger partial charge in [-0.2, -0.15) is 5.26 Å². The predicted molar refractivity (Wildman–Crippen MR) is 141 cm³/mol. The molecule has 1 atom stereocenters. The van der Waals surface area contributed by atoms with Crippen molar-refractivity contribution in [3.63, 3.8) is 0 Å². The molecule has 188 valence electrons. The van der Waals surface area contributed by atoms with Gasteiger partial charge >= 0.3 is 0 Å². The highest BCUT2D eigenvalue weighted by molar-refractivity contribution is 7.89. The van der Waals surface area contributed by atoms with Crippen molar-refractivity contribution in [2.45, 2.75) is 58.6 Å². The molecule has 0 saturated carbocycles. The molecule has 1 N–H and O–H groups in total. The second-order valence-corrected chi connectivity index (χ2v) is 12.0. The van der Waals surface area contributed by atoms with Gasteiger partial charge in [0.25, 0.3) is 0 Å². The summed E-state index contributed by atoms with van der Waals surface area (Å²) in [5.74, 6) is 0.315. The van der Waals surface area contributed by atoms with E-state index in [0.29, 0.717) is 24.2 Å². The van der Waals surface area contributed by atoms with Gasteiger partial charge in [0.15, 0.2) is 0 Å². The number of hydrogen-bond acceptors (Lipinski definition) is 7. The fourth-order valence-corrected chi connectivity index (χ4v) is 6.61. The van der Waals surface area contributed by atoms with Crippen molar-refractivity contribution in [2.75, 3.05) is 5.75 Å². The molecule has 36 heavy (non-hydrogen) atoms. The Hall–Kier alpha value is -3.06. The van der Waals surface area contributed by atoms with E-state index in [1.54, 1.807) is 19.1 Å². The van der Waals surface area contributed by atoms with Crippen LogP contribution in [-0.2, 0) is 21.2 Å². The van der Waals surface area contributed by atoms with E-state index in [2.05, 4.69) is 15.8 Å². The fourth-order valence-electron chi connectivity index (χ4n) is 4.35. The lowest BCUT2D eigenvalue weighted by atomic mass is 10.0. The number of benzene rings is 2. The minimum Gasteiger partial charge on any atom is -0.490 e. The van der Waals surface area contributed by atoms with Gasteiger partial charge in [-0.3, -0.25) is 4.79 Å². The van der Waals surface area contributed by atoms with Gasteiger partial charge in [-0.25, -0.2) is 18.1 Å². The van der Waals surface area contributed by atoms with Gasteiger partial charge in [-0.1, -0.05) is 25.1 Å². The largest absolute Gasteiger partial charge is 0.490 e. The van der Waals surface area contributed by atoms with Crippen molar-refractivity contribution in [2.24, 2.45) is 0 Å². The van der Waals surface area contributed by atoms with E-state index in [4.69, 9.17) is 4.74 Å². The molecule has 1 aromatic heterocycles. The summed E-state index contributed by atoms with van der Waals surface area (Å²) in [4.78, 5) is 17.2.